The average Bonchev–Trinajstić information content (AvgIpc) is 2.24. The minimum Gasteiger partial charge on any atom is -0.478 e. The molecule has 3 nitrogen and oxygen atoms in total. The van der Waals surface area contributed by atoms with Crippen molar-refractivity contribution in [1.29, 1.82) is 0 Å². The summed E-state index contributed by atoms with van der Waals surface area (Å²) in [7, 11) is 0. The molecule has 0 saturated heterocycles. The molecule has 0 saturated carbocycles. The Morgan fingerprint density at radius 3 is 2.00 bits per heavy atom. The molecule has 3 heteroatoms. The highest BCUT2D eigenvalue weighted by Gasteiger charge is 2.20. The Kier molecular flexibility index (Phi) is 6.25. The maximum atomic E-state index is 10.6. The molecule has 0 bridgehead atoms. The summed E-state index contributed by atoms with van der Waals surface area (Å²) in [6.45, 7) is 14.5. The first-order valence-corrected chi connectivity index (χ1v) is 5.77. The van der Waals surface area contributed by atoms with Gasteiger partial charge in [-0.2, -0.15) is 0 Å². The molecule has 0 aliphatic rings. The van der Waals surface area contributed by atoms with Crippen molar-refractivity contribution in [1.82, 2.24) is 0 Å². The summed E-state index contributed by atoms with van der Waals surface area (Å²) >= 11 is 0. The predicted molar refractivity (Wildman–Crippen MR) is 62.8 cm³/mol. The Morgan fingerprint density at radius 2 is 1.67 bits per heavy atom. The van der Waals surface area contributed by atoms with Gasteiger partial charge in [0.15, 0.2) is 0 Å². The highest BCUT2D eigenvalue weighted by Crippen LogP contribution is 2.11. The smallest absolute Gasteiger partial charge is 0.330 e. The van der Waals surface area contributed by atoms with Gasteiger partial charge >= 0.3 is 5.97 Å². The zero-order valence-electron chi connectivity index (χ0n) is 10.3. The Balaban J connectivity index is 4.02. The van der Waals surface area contributed by atoms with Crippen molar-refractivity contribution in [3.8, 4) is 0 Å². The third-order valence-electron chi connectivity index (χ3n) is 3.43. The Bertz CT molecular complexity index is 211. The van der Waals surface area contributed by atoms with E-state index < -0.39 is 5.97 Å². The van der Waals surface area contributed by atoms with Gasteiger partial charge in [0.2, 0.25) is 0 Å². The Morgan fingerprint density at radius 1 is 1.20 bits per heavy atom. The van der Waals surface area contributed by atoms with Crippen LogP contribution in [0.15, 0.2) is 12.2 Å². The number of carbonyl (C=O) groups is 1. The number of rotatable bonds is 8. The minimum atomic E-state index is -0.863. The van der Waals surface area contributed by atoms with Crippen molar-refractivity contribution in [3.63, 3.8) is 0 Å². The molecule has 1 N–H and O–H groups in total. The fourth-order valence-corrected chi connectivity index (χ4v) is 1.88. The zero-order chi connectivity index (χ0) is 11.9. The van der Waals surface area contributed by atoms with E-state index in [-0.39, 0.29) is 0 Å². The summed E-state index contributed by atoms with van der Waals surface area (Å²) in [5.74, 6) is -0.863. The van der Waals surface area contributed by atoms with Crippen LogP contribution < -0.4 is 0 Å². The predicted octanol–water partition coefficient (Wildman–Crippen LogP) is 2.28. The number of aliphatic carboxylic acids is 1. The number of carboxylic acids is 1. The number of hydrogen-bond acceptors (Lipinski definition) is 1. The molecule has 0 atom stereocenters. The molecule has 0 aromatic carbocycles. The third kappa shape index (κ3) is 4.47. The molecule has 0 fully saturated rings. The zero-order valence-corrected chi connectivity index (χ0v) is 10.3. The first-order valence-electron chi connectivity index (χ1n) is 5.77. The summed E-state index contributed by atoms with van der Waals surface area (Å²) in [6, 6.07) is 0. The lowest BCUT2D eigenvalue weighted by atomic mass is 10.1. The van der Waals surface area contributed by atoms with E-state index in [0.29, 0.717) is 12.0 Å². The van der Waals surface area contributed by atoms with Gasteiger partial charge in [0.05, 0.1) is 26.2 Å². The highest BCUT2D eigenvalue weighted by molar-refractivity contribution is 5.85. The maximum absolute atomic E-state index is 10.6. The van der Waals surface area contributed by atoms with Crippen LogP contribution in [0.5, 0.6) is 0 Å². The van der Waals surface area contributed by atoms with Gasteiger partial charge in [-0.3, -0.25) is 0 Å². The molecule has 0 radical (unpaired) electrons. The quantitative estimate of drug-likeness (QED) is 0.497. The van der Waals surface area contributed by atoms with Gasteiger partial charge in [-0.25, -0.2) is 4.79 Å². The van der Waals surface area contributed by atoms with Gasteiger partial charge in [0, 0.05) is 12.0 Å². The second-order valence-electron chi connectivity index (χ2n) is 4.03. The lowest BCUT2D eigenvalue weighted by Gasteiger charge is -2.35. The van der Waals surface area contributed by atoms with Crippen LogP contribution in [0.4, 0.5) is 0 Å². The van der Waals surface area contributed by atoms with Crippen LogP contribution in [-0.2, 0) is 4.79 Å². The standard InChI is InChI=1S/C12H23NO2/c1-5-13(6-2,7-3)10-8-9-11(4)12(14)15/h4-10H2,1-3H3/p+1. The number of nitrogens with zero attached hydrogens (tertiary/aromatic N) is 1. The molecule has 0 spiro atoms. The van der Waals surface area contributed by atoms with Crippen molar-refractivity contribution in [2.75, 3.05) is 26.2 Å². The largest absolute Gasteiger partial charge is 0.478 e. The first-order chi connectivity index (χ1) is 7.01. The molecule has 0 aromatic heterocycles. The SMILES string of the molecule is C=C(CCC[N+](CC)(CC)CC)C(=O)O. The van der Waals surface area contributed by atoms with Gasteiger partial charge in [0.1, 0.15) is 0 Å². The van der Waals surface area contributed by atoms with E-state index in [9.17, 15) is 4.79 Å². The van der Waals surface area contributed by atoms with Crippen molar-refractivity contribution >= 4 is 5.97 Å². The summed E-state index contributed by atoms with van der Waals surface area (Å²) in [6.07, 6.45) is 1.52. The van der Waals surface area contributed by atoms with Gasteiger partial charge in [0.25, 0.3) is 0 Å². The van der Waals surface area contributed by atoms with Crippen molar-refractivity contribution in [2.45, 2.75) is 33.6 Å². The van der Waals surface area contributed by atoms with Gasteiger partial charge in [-0.05, 0) is 27.2 Å². The van der Waals surface area contributed by atoms with Crippen LogP contribution >= 0.6 is 0 Å². The van der Waals surface area contributed by atoms with Crippen LogP contribution in [0, 0.1) is 0 Å². The first kappa shape index (κ1) is 14.2. The maximum Gasteiger partial charge on any atom is 0.330 e. The van der Waals surface area contributed by atoms with Crippen LogP contribution in [-0.4, -0.2) is 41.7 Å². The van der Waals surface area contributed by atoms with E-state index in [0.717, 1.165) is 37.1 Å². The summed E-state index contributed by atoms with van der Waals surface area (Å²) in [5.41, 5.74) is 0.330. The van der Waals surface area contributed by atoms with Crippen LogP contribution in [0.2, 0.25) is 0 Å². The number of carboxylic acid groups (broad SMARTS) is 1. The fraction of sp³-hybridized carbons (Fsp3) is 0.750. The molecule has 0 rings (SSSR count). The van der Waals surface area contributed by atoms with Crippen molar-refractivity contribution in [3.05, 3.63) is 12.2 Å². The topological polar surface area (TPSA) is 37.3 Å². The van der Waals surface area contributed by atoms with E-state index in [1.807, 2.05) is 0 Å². The van der Waals surface area contributed by atoms with Crippen molar-refractivity contribution < 1.29 is 14.4 Å². The fourth-order valence-electron chi connectivity index (χ4n) is 1.88. The molecule has 0 aromatic rings. The minimum absolute atomic E-state index is 0.330. The molecule has 88 valence electrons. The third-order valence-corrected chi connectivity index (χ3v) is 3.43. The van der Waals surface area contributed by atoms with Crippen LogP contribution in [0.1, 0.15) is 33.6 Å². The summed E-state index contributed by atoms with van der Waals surface area (Å²) < 4.78 is 1.08. The molecular weight excluding hydrogens is 190 g/mol. The number of hydrogen-bond donors (Lipinski definition) is 1. The van der Waals surface area contributed by atoms with Crippen molar-refractivity contribution in [2.24, 2.45) is 0 Å². The molecular formula is C12H24NO2+. The van der Waals surface area contributed by atoms with Crippen LogP contribution in [0.25, 0.3) is 0 Å². The Hall–Kier alpha value is -0.830. The lowest BCUT2D eigenvalue weighted by Crippen LogP contribution is -2.48. The summed E-state index contributed by atoms with van der Waals surface area (Å²) in [4.78, 5) is 10.6. The van der Waals surface area contributed by atoms with Gasteiger partial charge in [-0.15, -0.1) is 0 Å². The van der Waals surface area contributed by atoms with Crippen LogP contribution in [0.3, 0.4) is 0 Å². The van der Waals surface area contributed by atoms with E-state index in [1.54, 1.807) is 0 Å². The molecule has 0 amide bonds. The Labute approximate surface area is 93.0 Å². The lowest BCUT2D eigenvalue weighted by molar-refractivity contribution is -0.923. The molecule has 0 aliphatic carbocycles. The highest BCUT2D eigenvalue weighted by atomic mass is 16.4. The molecule has 15 heavy (non-hydrogen) atoms. The molecule has 0 heterocycles. The second-order valence-corrected chi connectivity index (χ2v) is 4.03. The van der Waals surface area contributed by atoms with Gasteiger partial charge < -0.3 is 9.59 Å². The van der Waals surface area contributed by atoms with E-state index >= 15 is 0 Å². The van der Waals surface area contributed by atoms with E-state index in [1.165, 1.54) is 0 Å². The second kappa shape index (κ2) is 6.62. The molecule has 0 unspecified atom stereocenters. The monoisotopic (exact) mass is 214 g/mol. The van der Waals surface area contributed by atoms with Gasteiger partial charge in [-0.1, -0.05) is 6.58 Å². The van der Waals surface area contributed by atoms with E-state index in [2.05, 4.69) is 27.4 Å². The van der Waals surface area contributed by atoms with E-state index in [4.69, 9.17) is 5.11 Å². The molecule has 0 aliphatic heterocycles. The normalized spacial score (nSPS) is 11.4. The number of quaternary nitrogens is 1. The summed E-state index contributed by atoms with van der Waals surface area (Å²) in [5, 5.41) is 8.68. The average molecular weight is 214 g/mol.